The molecule has 0 aromatic heterocycles. The van der Waals surface area contributed by atoms with Crippen LogP contribution in [0.15, 0.2) is 47.4 Å². The molecular weight excluding hydrogens is 272 g/mol. The Morgan fingerprint density at radius 1 is 1.10 bits per heavy atom. The molecule has 1 N–H and O–H groups in total. The number of hydrogen-bond donors (Lipinski definition) is 1. The first-order chi connectivity index (χ1) is 9.42. The Hall–Kier alpha value is -2.32. The van der Waals surface area contributed by atoms with Crippen molar-refractivity contribution in [3.8, 4) is 6.07 Å². The third kappa shape index (κ3) is 2.98. The number of nitrogens with one attached hydrogen (secondary N) is 1. The van der Waals surface area contributed by atoms with Gasteiger partial charge in [0.1, 0.15) is 0 Å². The van der Waals surface area contributed by atoms with Crippen LogP contribution in [0, 0.1) is 25.2 Å². The van der Waals surface area contributed by atoms with Gasteiger partial charge in [0.25, 0.3) is 10.0 Å². The molecular formula is C15H14N2O2S. The van der Waals surface area contributed by atoms with E-state index in [4.69, 9.17) is 5.26 Å². The van der Waals surface area contributed by atoms with Crippen molar-refractivity contribution < 1.29 is 8.42 Å². The van der Waals surface area contributed by atoms with Gasteiger partial charge in [0.2, 0.25) is 0 Å². The van der Waals surface area contributed by atoms with Crippen molar-refractivity contribution in [2.45, 2.75) is 18.7 Å². The van der Waals surface area contributed by atoms with Crippen molar-refractivity contribution in [1.29, 1.82) is 5.26 Å². The first kappa shape index (κ1) is 14.1. The van der Waals surface area contributed by atoms with Crippen molar-refractivity contribution in [3.05, 3.63) is 59.2 Å². The fourth-order valence-corrected chi connectivity index (χ4v) is 3.20. The zero-order valence-corrected chi connectivity index (χ0v) is 12.0. The molecule has 2 aromatic carbocycles. The molecule has 0 atom stereocenters. The van der Waals surface area contributed by atoms with Gasteiger partial charge in [0.05, 0.1) is 16.5 Å². The smallest absolute Gasteiger partial charge is 0.262 e. The Morgan fingerprint density at radius 3 is 2.50 bits per heavy atom. The third-order valence-electron chi connectivity index (χ3n) is 2.88. The highest BCUT2D eigenvalue weighted by molar-refractivity contribution is 7.92. The molecule has 0 saturated heterocycles. The van der Waals surface area contributed by atoms with Crippen LogP contribution in [0.1, 0.15) is 16.7 Å². The fraction of sp³-hybridized carbons (Fsp3) is 0.133. The lowest BCUT2D eigenvalue weighted by Gasteiger charge is -2.11. The van der Waals surface area contributed by atoms with E-state index in [1.54, 1.807) is 37.3 Å². The average Bonchev–Trinajstić information content (AvgIpc) is 2.38. The fourth-order valence-electron chi connectivity index (χ4n) is 1.88. The summed E-state index contributed by atoms with van der Waals surface area (Å²) in [6, 6.07) is 13.7. The monoisotopic (exact) mass is 286 g/mol. The van der Waals surface area contributed by atoms with Gasteiger partial charge >= 0.3 is 0 Å². The lowest BCUT2D eigenvalue weighted by molar-refractivity contribution is 0.600. The minimum Gasteiger partial charge on any atom is -0.280 e. The lowest BCUT2D eigenvalue weighted by Crippen LogP contribution is -2.14. The topological polar surface area (TPSA) is 70.0 Å². The summed E-state index contributed by atoms with van der Waals surface area (Å²) in [6.07, 6.45) is 0. The van der Waals surface area contributed by atoms with Crippen LogP contribution in [-0.4, -0.2) is 8.42 Å². The van der Waals surface area contributed by atoms with Crippen molar-refractivity contribution in [1.82, 2.24) is 0 Å². The highest BCUT2D eigenvalue weighted by Gasteiger charge is 2.17. The predicted octanol–water partition coefficient (Wildman–Crippen LogP) is 2.98. The molecule has 0 saturated carbocycles. The normalized spacial score (nSPS) is 10.8. The van der Waals surface area contributed by atoms with Gasteiger partial charge < -0.3 is 0 Å². The van der Waals surface area contributed by atoms with Gasteiger partial charge in [-0.15, -0.1) is 0 Å². The van der Waals surface area contributed by atoms with E-state index in [1.807, 2.05) is 19.1 Å². The van der Waals surface area contributed by atoms with E-state index in [-0.39, 0.29) is 4.90 Å². The first-order valence-electron chi connectivity index (χ1n) is 6.02. The molecule has 0 aliphatic rings. The van der Waals surface area contributed by atoms with Crippen LogP contribution in [0.2, 0.25) is 0 Å². The second-order valence-electron chi connectivity index (χ2n) is 4.57. The molecule has 0 unspecified atom stereocenters. The number of sulfonamides is 1. The molecule has 102 valence electrons. The van der Waals surface area contributed by atoms with Gasteiger partial charge in [0, 0.05) is 5.69 Å². The van der Waals surface area contributed by atoms with Crippen LogP contribution < -0.4 is 4.72 Å². The summed E-state index contributed by atoms with van der Waals surface area (Å²) >= 11 is 0. The Morgan fingerprint density at radius 2 is 1.85 bits per heavy atom. The SMILES string of the molecule is Cc1cccc(NS(=O)(=O)c2cc(C#N)ccc2C)c1. The van der Waals surface area contributed by atoms with Gasteiger partial charge in [-0.05, 0) is 49.2 Å². The zero-order valence-electron chi connectivity index (χ0n) is 11.2. The van der Waals surface area contributed by atoms with Crippen molar-refractivity contribution in [3.63, 3.8) is 0 Å². The number of hydrogen-bond acceptors (Lipinski definition) is 3. The Bertz CT molecular complexity index is 790. The number of rotatable bonds is 3. The highest BCUT2D eigenvalue weighted by atomic mass is 32.2. The van der Waals surface area contributed by atoms with Crippen molar-refractivity contribution in [2.75, 3.05) is 4.72 Å². The van der Waals surface area contributed by atoms with E-state index in [0.717, 1.165) is 5.56 Å². The van der Waals surface area contributed by atoms with E-state index in [2.05, 4.69) is 4.72 Å². The van der Waals surface area contributed by atoms with Crippen LogP contribution in [-0.2, 0) is 10.0 Å². The van der Waals surface area contributed by atoms with E-state index in [9.17, 15) is 8.42 Å². The van der Waals surface area contributed by atoms with Gasteiger partial charge in [-0.1, -0.05) is 18.2 Å². The van der Waals surface area contributed by atoms with Crippen LogP contribution in [0.5, 0.6) is 0 Å². The van der Waals surface area contributed by atoms with E-state index in [1.165, 1.54) is 6.07 Å². The maximum atomic E-state index is 12.4. The number of anilines is 1. The molecule has 0 fully saturated rings. The molecule has 2 aromatic rings. The molecule has 20 heavy (non-hydrogen) atoms. The largest absolute Gasteiger partial charge is 0.280 e. The Balaban J connectivity index is 2.43. The summed E-state index contributed by atoms with van der Waals surface area (Å²) in [5, 5.41) is 8.88. The van der Waals surface area contributed by atoms with Gasteiger partial charge in [-0.25, -0.2) is 8.42 Å². The van der Waals surface area contributed by atoms with Crippen LogP contribution in [0.4, 0.5) is 5.69 Å². The minimum absolute atomic E-state index is 0.123. The van der Waals surface area contributed by atoms with Gasteiger partial charge in [-0.2, -0.15) is 5.26 Å². The van der Waals surface area contributed by atoms with E-state index < -0.39 is 10.0 Å². The average molecular weight is 286 g/mol. The standard InChI is InChI=1S/C15H14N2O2S/c1-11-4-3-5-14(8-11)17-20(18,19)15-9-13(10-16)7-6-12(15)2/h3-9,17H,1-2H3. The molecule has 0 aliphatic carbocycles. The van der Waals surface area contributed by atoms with E-state index in [0.29, 0.717) is 16.8 Å². The molecule has 2 rings (SSSR count). The molecule has 0 heterocycles. The summed E-state index contributed by atoms with van der Waals surface area (Å²) < 4.78 is 27.3. The molecule has 0 aliphatic heterocycles. The molecule has 4 nitrogen and oxygen atoms in total. The van der Waals surface area contributed by atoms with Crippen molar-refractivity contribution in [2.24, 2.45) is 0 Å². The summed E-state index contributed by atoms with van der Waals surface area (Å²) in [4.78, 5) is 0.123. The molecule has 0 radical (unpaired) electrons. The predicted molar refractivity (Wildman–Crippen MR) is 77.9 cm³/mol. The summed E-state index contributed by atoms with van der Waals surface area (Å²) in [5.41, 5.74) is 2.39. The summed E-state index contributed by atoms with van der Waals surface area (Å²) in [7, 11) is -3.69. The molecule has 0 bridgehead atoms. The van der Waals surface area contributed by atoms with Crippen molar-refractivity contribution >= 4 is 15.7 Å². The number of aryl methyl sites for hydroxylation is 2. The first-order valence-corrected chi connectivity index (χ1v) is 7.51. The van der Waals surface area contributed by atoms with Crippen LogP contribution in [0.25, 0.3) is 0 Å². The Kier molecular flexibility index (Phi) is 3.77. The molecule has 0 amide bonds. The Labute approximate surface area is 118 Å². The van der Waals surface area contributed by atoms with Gasteiger partial charge in [-0.3, -0.25) is 4.72 Å². The second kappa shape index (κ2) is 5.35. The summed E-state index contributed by atoms with van der Waals surface area (Å²) in [5.74, 6) is 0. The molecule has 0 spiro atoms. The van der Waals surface area contributed by atoms with E-state index >= 15 is 0 Å². The van der Waals surface area contributed by atoms with Gasteiger partial charge in [0.15, 0.2) is 0 Å². The number of benzene rings is 2. The number of nitrogens with zero attached hydrogens (tertiary/aromatic N) is 1. The van der Waals surface area contributed by atoms with Crippen LogP contribution in [0.3, 0.4) is 0 Å². The summed E-state index contributed by atoms with van der Waals surface area (Å²) in [6.45, 7) is 3.59. The zero-order chi connectivity index (χ0) is 14.8. The van der Waals surface area contributed by atoms with Crippen LogP contribution >= 0.6 is 0 Å². The third-order valence-corrected chi connectivity index (χ3v) is 4.40. The quantitative estimate of drug-likeness (QED) is 0.943. The maximum absolute atomic E-state index is 12.4. The second-order valence-corrected chi connectivity index (χ2v) is 6.22. The number of nitriles is 1. The highest BCUT2D eigenvalue weighted by Crippen LogP contribution is 2.21. The lowest BCUT2D eigenvalue weighted by atomic mass is 10.2. The maximum Gasteiger partial charge on any atom is 0.262 e. The minimum atomic E-state index is -3.69. The molecule has 5 heteroatoms.